The Morgan fingerprint density at radius 3 is 2.73 bits per heavy atom. The first-order chi connectivity index (χ1) is 7.22. The summed E-state index contributed by atoms with van der Waals surface area (Å²) in [6.45, 7) is 4.12. The number of carbonyl (C=O) groups excluding carboxylic acids is 1. The SMILES string of the molecule is CCC[C@H](N)C(=O)NCCOCCOC. The van der Waals surface area contributed by atoms with Crippen molar-refractivity contribution in [2.24, 2.45) is 5.73 Å². The Morgan fingerprint density at radius 2 is 2.13 bits per heavy atom. The third kappa shape index (κ3) is 8.35. The van der Waals surface area contributed by atoms with Gasteiger partial charge in [-0.25, -0.2) is 0 Å². The third-order valence-electron chi connectivity index (χ3n) is 1.91. The minimum atomic E-state index is -0.394. The second-order valence-electron chi connectivity index (χ2n) is 3.29. The van der Waals surface area contributed by atoms with Gasteiger partial charge in [-0.1, -0.05) is 13.3 Å². The molecule has 0 saturated heterocycles. The van der Waals surface area contributed by atoms with Crippen LogP contribution in [0.3, 0.4) is 0 Å². The average Bonchev–Trinajstić information content (AvgIpc) is 2.23. The molecule has 15 heavy (non-hydrogen) atoms. The van der Waals surface area contributed by atoms with E-state index in [1.54, 1.807) is 7.11 Å². The normalized spacial score (nSPS) is 12.5. The molecule has 0 fully saturated rings. The quantitative estimate of drug-likeness (QED) is 0.530. The van der Waals surface area contributed by atoms with Crippen molar-refractivity contribution in [2.75, 3.05) is 33.5 Å². The number of hydrogen-bond donors (Lipinski definition) is 2. The van der Waals surface area contributed by atoms with Crippen molar-refractivity contribution in [3.05, 3.63) is 0 Å². The summed E-state index contributed by atoms with van der Waals surface area (Å²) in [7, 11) is 1.62. The summed E-state index contributed by atoms with van der Waals surface area (Å²) >= 11 is 0. The predicted octanol–water partition coefficient (Wildman–Crippen LogP) is -0.107. The highest BCUT2D eigenvalue weighted by Crippen LogP contribution is 1.92. The van der Waals surface area contributed by atoms with E-state index in [9.17, 15) is 4.79 Å². The molecule has 0 unspecified atom stereocenters. The molecule has 0 aromatic carbocycles. The average molecular weight is 218 g/mol. The maximum Gasteiger partial charge on any atom is 0.236 e. The summed E-state index contributed by atoms with van der Waals surface area (Å²) in [6.07, 6.45) is 1.63. The van der Waals surface area contributed by atoms with Crippen molar-refractivity contribution in [3.8, 4) is 0 Å². The smallest absolute Gasteiger partial charge is 0.236 e. The minimum Gasteiger partial charge on any atom is -0.382 e. The van der Waals surface area contributed by atoms with Crippen molar-refractivity contribution < 1.29 is 14.3 Å². The summed E-state index contributed by atoms with van der Waals surface area (Å²) < 4.78 is 9.99. The van der Waals surface area contributed by atoms with Gasteiger partial charge >= 0.3 is 0 Å². The Balaban J connectivity index is 3.30. The number of nitrogens with one attached hydrogen (secondary N) is 1. The first kappa shape index (κ1) is 14.3. The van der Waals surface area contributed by atoms with Gasteiger partial charge in [0.05, 0.1) is 25.9 Å². The lowest BCUT2D eigenvalue weighted by molar-refractivity contribution is -0.122. The number of nitrogens with two attached hydrogens (primary N) is 1. The highest BCUT2D eigenvalue weighted by Gasteiger charge is 2.10. The Bertz CT molecular complexity index is 165. The second kappa shape index (κ2) is 9.89. The second-order valence-corrected chi connectivity index (χ2v) is 3.29. The molecule has 0 heterocycles. The van der Waals surface area contributed by atoms with Gasteiger partial charge in [0.25, 0.3) is 0 Å². The van der Waals surface area contributed by atoms with Gasteiger partial charge in [0.15, 0.2) is 0 Å². The lowest BCUT2D eigenvalue weighted by atomic mass is 10.2. The van der Waals surface area contributed by atoms with E-state index in [0.717, 1.165) is 12.8 Å². The van der Waals surface area contributed by atoms with E-state index >= 15 is 0 Å². The number of amides is 1. The van der Waals surface area contributed by atoms with E-state index < -0.39 is 6.04 Å². The highest BCUT2D eigenvalue weighted by molar-refractivity contribution is 5.81. The lowest BCUT2D eigenvalue weighted by Gasteiger charge is -2.11. The third-order valence-corrected chi connectivity index (χ3v) is 1.91. The molecule has 0 aliphatic rings. The van der Waals surface area contributed by atoms with Crippen LogP contribution >= 0.6 is 0 Å². The molecule has 3 N–H and O–H groups in total. The molecule has 5 heteroatoms. The highest BCUT2D eigenvalue weighted by atomic mass is 16.5. The van der Waals surface area contributed by atoms with Crippen LogP contribution in [0.5, 0.6) is 0 Å². The molecule has 1 amide bonds. The van der Waals surface area contributed by atoms with Crippen LogP contribution < -0.4 is 11.1 Å². The van der Waals surface area contributed by atoms with Crippen LogP contribution in [0.4, 0.5) is 0 Å². The maximum absolute atomic E-state index is 11.3. The molecule has 0 aromatic heterocycles. The van der Waals surface area contributed by atoms with Gasteiger partial charge in [-0.15, -0.1) is 0 Å². The molecule has 0 aliphatic carbocycles. The zero-order chi connectivity index (χ0) is 11.5. The van der Waals surface area contributed by atoms with E-state index in [4.69, 9.17) is 15.2 Å². The van der Waals surface area contributed by atoms with Gasteiger partial charge in [-0.05, 0) is 6.42 Å². The Morgan fingerprint density at radius 1 is 1.40 bits per heavy atom. The zero-order valence-corrected chi connectivity index (χ0v) is 9.62. The van der Waals surface area contributed by atoms with Crippen LogP contribution in [0.25, 0.3) is 0 Å². The van der Waals surface area contributed by atoms with Crippen LogP contribution in [0.15, 0.2) is 0 Å². The monoisotopic (exact) mass is 218 g/mol. The van der Waals surface area contributed by atoms with Crippen molar-refractivity contribution in [1.29, 1.82) is 0 Å². The molecule has 0 saturated carbocycles. The molecule has 0 spiro atoms. The van der Waals surface area contributed by atoms with Crippen molar-refractivity contribution in [2.45, 2.75) is 25.8 Å². The summed E-state index contributed by atoms with van der Waals surface area (Å²) in [5, 5.41) is 2.71. The van der Waals surface area contributed by atoms with Crippen LogP contribution in [-0.2, 0) is 14.3 Å². The van der Waals surface area contributed by atoms with Gasteiger partial charge in [0, 0.05) is 13.7 Å². The van der Waals surface area contributed by atoms with Gasteiger partial charge < -0.3 is 20.5 Å². The zero-order valence-electron chi connectivity index (χ0n) is 9.62. The molecule has 0 rings (SSSR count). The summed E-state index contributed by atoms with van der Waals surface area (Å²) in [5.74, 6) is -0.104. The molecule has 0 aliphatic heterocycles. The van der Waals surface area contributed by atoms with Gasteiger partial charge in [-0.3, -0.25) is 4.79 Å². The first-order valence-corrected chi connectivity index (χ1v) is 5.32. The summed E-state index contributed by atoms with van der Waals surface area (Å²) in [5.41, 5.74) is 5.62. The first-order valence-electron chi connectivity index (χ1n) is 5.32. The summed E-state index contributed by atoms with van der Waals surface area (Å²) in [4.78, 5) is 11.3. The van der Waals surface area contributed by atoms with E-state index in [-0.39, 0.29) is 5.91 Å². The van der Waals surface area contributed by atoms with Crippen LogP contribution in [-0.4, -0.2) is 45.4 Å². The summed E-state index contributed by atoms with van der Waals surface area (Å²) in [6, 6.07) is -0.394. The Kier molecular flexibility index (Phi) is 9.46. The molecule has 1 atom stereocenters. The molecular weight excluding hydrogens is 196 g/mol. The van der Waals surface area contributed by atoms with Gasteiger partial charge in [0.2, 0.25) is 5.91 Å². The van der Waals surface area contributed by atoms with Crippen LogP contribution in [0.1, 0.15) is 19.8 Å². The Labute approximate surface area is 91.3 Å². The fourth-order valence-corrected chi connectivity index (χ4v) is 1.06. The Hall–Kier alpha value is -0.650. The molecule has 0 aromatic rings. The molecule has 0 bridgehead atoms. The molecule has 5 nitrogen and oxygen atoms in total. The number of carbonyl (C=O) groups is 1. The number of rotatable bonds is 9. The van der Waals surface area contributed by atoms with Crippen molar-refractivity contribution in [1.82, 2.24) is 5.32 Å². The topological polar surface area (TPSA) is 73.6 Å². The fourth-order valence-electron chi connectivity index (χ4n) is 1.06. The fraction of sp³-hybridized carbons (Fsp3) is 0.900. The lowest BCUT2D eigenvalue weighted by Crippen LogP contribution is -2.41. The standard InChI is InChI=1S/C10H22N2O3/c1-3-4-9(11)10(13)12-5-6-15-8-7-14-2/h9H,3-8,11H2,1-2H3,(H,12,13)/t9-/m0/s1. The minimum absolute atomic E-state index is 0.104. The molecule has 0 radical (unpaired) electrons. The molecule has 90 valence electrons. The molecular formula is C10H22N2O3. The van der Waals surface area contributed by atoms with Crippen LogP contribution in [0, 0.1) is 0 Å². The predicted molar refractivity (Wildman–Crippen MR) is 58.6 cm³/mol. The number of hydrogen-bond acceptors (Lipinski definition) is 4. The van der Waals surface area contributed by atoms with E-state index in [1.807, 2.05) is 6.92 Å². The number of ether oxygens (including phenoxy) is 2. The van der Waals surface area contributed by atoms with E-state index in [2.05, 4.69) is 5.32 Å². The number of methoxy groups -OCH3 is 1. The largest absolute Gasteiger partial charge is 0.382 e. The van der Waals surface area contributed by atoms with Gasteiger partial charge in [-0.2, -0.15) is 0 Å². The van der Waals surface area contributed by atoms with Crippen molar-refractivity contribution >= 4 is 5.91 Å². The van der Waals surface area contributed by atoms with Gasteiger partial charge in [0.1, 0.15) is 0 Å². The van der Waals surface area contributed by atoms with Crippen molar-refractivity contribution in [3.63, 3.8) is 0 Å². The van der Waals surface area contributed by atoms with E-state index in [1.165, 1.54) is 0 Å². The maximum atomic E-state index is 11.3. The van der Waals surface area contributed by atoms with E-state index in [0.29, 0.717) is 26.4 Å². The van der Waals surface area contributed by atoms with Crippen LogP contribution in [0.2, 0.25) is 0 Å².